The summed E-state index contributed by atoms with van der Waals surface area (Å²) in [5.74, 6) is 0.320. The summed E-state index contributed by atoms with van der Waals surface area (Å²) >= 11 is 0. The van der Waals surface area contributed by atoms with Gasteiger partial charge in [-0.15, -0.1) is 5.10 Å². The molecule has 1 atom stereocenters. The third-order valence-corrected chi connectivity index (χ3v) is 4.78. The van der Waals surface area contributed by atoms with Gasteiger partial charge in [-0.25, -0.2) is 13.9 Å². The first-order valence-electron chi connectivity index (χ1n) is 9.20. The van der Waals surface area contributed by atoms with E-state index in [0.717, 1.165) is 30.8 Å². The lowest BCUT2D eigenvalue weighted by molar-refractivity contribution is 0.0936. The first-order chi connectivity index (χ1) is 13.0. The molecule has 3 heterocycles. The number of aromatic nitrogens is 3. The third-order valence-electron chi connectivity index (χ3n) is 4.78. The Balaban J connectivity index is 1.69. The van der Waals surface area contributed by atoms with Crippen LogP contribution in [-0.4, -0.2) is 33.1 Å². The number of anilines is 1. The van der Waals surface area contributed by atoms with Crippen molar-refractivity contribution in [2.45, 2.75) is 38.8 Å². The summed E-state index contributed by atoms with van der Waals surface area (Å²) < 4.78 is 15.2. The molecule has 3 aromatic rings. The number of nitrogens with one attached hydrogen (secondary N) is 1. The molecule has 0 spiro atoms. The number of fused-ring (bicyclic) bond motifs is 1. The third kappa shape index (κ3) is 3.37. The maximum absolute atomic E-state index is 13.7. The van der Waals surface area contributed by atoms with E-state index in [2.05, 4.69) is 20.3 Å². The van der Waals surface area contributed by atoms with Gasteiger partial charge >= 0.3 is 0 Å². The van der Waals surface area contributed by atoms with Crippen LogP contribution in [0.2, 0.25) is 0 Å². The Morgan fingerprint density at radius 2 is 2.15 bits per heavy atom. The molecule has 0 bridgehead atoms. The van der Waals surface area contributed by atoms with E-state index in [1.54, 1.807) is 16.6 Å². The Labute approximate surface area is 157 Å². The lowest BCUT2D eigenvalue weighted by Gasteiger charge is -2.26. The van der Waals surface area contributed by atoms with Crippen molar-refractivity contribution >= 4 is 17.4 Å². The van der Waals surface area contributed by atoms with E-state index in [-0.39, 0.29) is 23.8 Å². The second kappa shape index (κ2) is 6.98. The maximum atomic E-state index is 13.7. The van der Waals surface area contributed by atoms with E-state index in [9.17, 15) is 9.18 Å². The number of nitrogens with zero attached hydrogens (tertiary/aromatic N) is 4. The number of halogens is 1. The van der Waals surface area contributed by atoms with E-state index in [4.69, 9.17) is 0 Å². The summed E-state index contributed by atoms with van der Waals surface area (Å²) in [6.45, 7) is 4.66. The van der Waals surface area contributed by atoms with Crippen molar-refractivity contribution in [1.29, 1.82) is 0 Å². The fraction of sp³-hybridized carbons (Fsp3) is 0.350. The number of carbonyl (C=O) groups is 1. The van der Waals surface area contributed by atoms with Crippen LogP contribution >= 0.6 is 0 Å². The minimum Gasteiger partial charge on any atom is -0.348 e. The largest absolute Gasteiger partial charge is 0.348 e. The number of benzene rings is 1. The van der Waals surface area contributed by atoms with Gasteiger partial charge in [-0.3, -0.25) is 4.79 Å². The molecule has 1 unspecified atom stereocenters. The van der Waals surface area contributed by atoms with Crippen molar-refractivity contribution in [3.8, 4) is 0 Å². The second-order valence-electron chi connectivity index (χ2n) is 7.14. The van der Waals surface area contributed by atoms with Crippen LogP contribution in [0.15, 0.2) is 42.6 Å². The number of hydrogen-bond acceptors (Lipinski definition) is 4. The molecule has 0 saturated carbocycles. The zero-order valence-electron chi connectivity index (χ0n) is 15.4. The molecular formula is C20H22FN5O. The highest BCUT2D eigenvalue weighted by molar-refractivity contribution is 5.93. The van der Waals surface area contributed by atoms with Crippen LogP contribution in [0, 0.1) is 5.82 Å². The van der Waals surface area contributed by atoms with Crippen molar-refractivity contribution in [3.63, 3.8) is 0 Å². The molecule has 1 saturated heterocycles. The molecule has 27 heavy (non-hydrogen) atoms. The minimum absolute atomic E-state index is 0.0298. The monoisotopic (exact) mass is 367 g/mol. The molecule has 1 N–H and O–H groups in total. The number of hydrogen-bond donors (Lipinski definition) is 1. The molecule has 140 valence electrons. The van der Waals surface area contributed by atoms with Gasteiger partial charge in [0.1, 0.15) is 11.6 Å². The molecule has 1 aliphatic heterocycles. The zero-order chi connectivity index (χ0) is 19.0. The van der Waals surface area contributed by atoms with Crippen molar-refractivity contribution in [1.82, 2.24) is 19.9 Å². The molecule has 1 fully saturated rings. The summed E-state index contributed by atoms with van der Waals surface area (Å²) in [5.41, 5.74) is 1.97. The molecule has 0 radical (unpaired) electrons. The number of rotatable bonds is 4. The summed E-state index contributed by atoms with van der Waals surface area (Å²) in [6, 6.07) is 10.6. The van der Waals surface area contributed by atoms with E-state index >= 15 is 0 Å². The van der Waals surface area contributed by atoms with Crippen LogP contribution in [0.5, 0.6) is 0 Å². The molecule has 4 rings (SSSR count). The lowest BCUT2D eigenvalue weighted by atomic mass is 10.0. The van der Waals surface area contributed by atoms with E-state index in [1.165, 1.54) is 12.3 Å². The highest BCUT2D eigenvalue weighted by atomic mass is 19.1. The first-order valence-corrected chi connectivity index (χ1v) is 9.20. The van der Waals surface area contributed by atoms with Gasteiger partial charge in [0.05, 0.1) is 12.2 Å². The van der Waals surface area contributed by atoms with Crippen LogP contribution in [0.25, 0.3) is 5.65 Å². The molecule has 1 aliphatic rings. The van der Waals surface area contributed by atoms with Crippen LogP contribution in [0.1, 0.15) is 48.8 Å². The smallest absolute Gasteiger partial charge is 0.271 e. The highest BCUT2D eigenvalue weighted by Gasteiger charge is 2.28. The summed E-state index contributed by atoms with van der Waals surface area (Å²) in [7, 11) is 0. The normalized spacial score (nSPS) is 17.0. The molecule has 1 amide bonds. The Morgan fingerprint density at radius 1 is 1.30 bits per heavy atom. The molecule has 2 aromatic heterocycles. The summed E-state index contributed by atoms with van der Waals surface area (Å²) in [5, 5.41) is 7.54. The van der Waals surface area contributed by atoms with Crippen molar-refractivity contribution < 1.29 is 9.18 Å². The Bertz CT molecular complexity index is 983. The van der Waals surface area contributed by atoms with E-state index < -0.39 is 0 Å². The predicted octanol–water partition coefficient (Wildman–Crippen LogP) is 3.35. The fourth-order valence-corrected chi connectivity index (χ4v) is 3.61. The topological polar surface area (TPSA) is 62.5 Å². The predicted molar refractivity (Wildman–Crippen MR) is 101 cm³/mol. The van der Waals surface area contributed by atoms with Gasteiger partial charge in [-0.2, -0.15) is 0 Å². The molecular weight excluding hydrogens is 345 g/mol. The molecule has 6 nitrogen and oxygen atoms in total. The van der Waals surface area contributed by atoms with Crippen LogP contribution < -0.4 is 10.2 Å². The SMILES string of the molecule is CC(C)NC(=O)c1cnc2ccc(N3CCCC3c3cccc(F)c3)nn12. The van der Waals surface area contributed by atoms with Crippen molar-refractivity contribution in [2.24, 2.45) is 0 Å². The van der Waals surface area contributed by atoms with Gasteiger partial charge in [0.15, 0.2) is 11.3 Å². The fourth-order valence-electron chi connectivity index (χ4n) is 3.61. The highest BCUT2D eigenvalue weighted by Crippen LogP contribution is 2.35. The van der Waals surface area contributed by atoms with Gasteiger partial charge < -0.3 is 10.2 Å². The average molecular weight is 367 g/mol. The average Bonchev–Trinajstić information content (AvgIpc) is 3.27. The number of carbonyl (C=O) groups excluding carboxylic acids is 1. The molecule has 7 heteroatoms. The molecule has 1 aromatic carbocycles. The first kappa shape index (κ1) is 17.5. The van der Waals surface area contributed by atoms with Gasteiger partial charge in [0.25, 0.3) is 5.91 Å². The second-order valence-corrected chi connectivity index (χ2v) is 7.14. The van der Waals surface area contributed by atoms with Crippen molar-refractivity contribution in [2.75, 3.05) is 11.4 Å². The number of amides is 1. The summed E-state index contributed by atoms with van der Waals surface area (Å²) in [6.07, 6.45) is 3.48. The van der Waals surface area contributed by atoms with Gasteiger partial charge in [0.2, 0.25) is 0 Å². The van der Waals surface area contributed by atoms with Crippen LogP contribution in [-0.2, 0) is 0 Å². The Kier molecular flexibility index (Phi) is 4.51. The van der Waals surface area contributed by atoms with Gasteiger partial charge in [0, 0.05) is 12.6 Å². The van der Waals surface area contributed by atoms with Gasteiger partial charge in [-0.05, 0) is 56.5 Å². The Hall–Kier alpha value is -2.96. The lowest BCUT2D eigenvalue weighted by Crippen LogP contribution is -2.31. The number of imidazole rings is 1. The summed E-state index contributed by atoms with van der Waals surface area (Å²) in [4.78, 5) is 18.9. The Morgan fingerprint density at radius 3 is 2.93 bits per heavy atom. The molecule has 0 aliphatic carbocycles. The van der Waals surface area contributed by atoms with Crippen molar-refractivity contribution in [3.05, 3.63) is 59.7 Å². The van der Waals surface area contributed by atoms with E-state index in [1.807, 2.05) is 32.0 Å². The van der Waals surface area contributed by atoms with Gasteiger partial charge in [-0.1, -0.05) is 12.1 Å². The quantitative estimate of drug-likeness (QED) is 0.768. The maximum Gasteiger partial charge on any atom is 0.271 e. The van der Waals surface area contributed by atoms with E-state index in [0.29, 0.717) is 11.3 Å². The standard InChI is InChI=1S/C20H22FN5O/c1-13(2)23-20(27)17-12-22-18-8-9-19(24-26(17)18)25-10-4-7-16(25)14-5-3-6-15(21)11-14/h3,5-6,8-9,11-13,16H,4,7,10H2,1-2H3,(H,23,27). The zero-order valence-corrected chi connectivity index (χ0v) is 15.4. The minimum atomic E-state index is -0.231. The van der Waals surface area contributed by atoms with Crippen LogP contribution in [0.3, 0.4) is 0 Å². The van der Waals surface area contributed by atoms with Crippen LogP contribution in [0.4, 0.5) is 10.2 Å².